The van der Waals surface area contributed by atoms with Crippen molar-refractivity contribution in [1.82, 2.24) is 4.90 Å². The highest BCUT2D eigenvalue weighted by atomic mass is 32.2. The third kappa shape index (κ3) is 3.51. The van der Waals surface area contributed by atoms with E-state index in [1.807, 2.05) is 6.92 Å². The van der Waals surface area contributed by atoms with Gasteiger partial charge >= 0.3 is 0 Å². The molecule has 1 saturated heterocycles. The molecular formula is C25H37NO4S. The molecular weight excluding hydrogens is 410 g/mol. The number of carbonyl (C=O) groups is 3. The molecule has 1 heterocycles. The highest BCUT2D eigenvalue weighted by Crippen LogP contribution is 2.66. The molecule has 4 aliphatic carbocycles. The first-order valence-corrected chi connectivity index (χ1v) is 13.3. The molecule has 4 saturated carbocycles. The van der Waals surface area contributed by atoms with Crippen molar-refractivity contribution in [2.45, 2.75) is 77.7 Å². The van der Waals surface area contributed by atoms with Crippen LogP contribution in [0.5, 0.6) is 0 Å². The van der Waals surface area contributed by atoms with Crippen molar-refractivity contribution in [2.75, 3.05) is 12.3 Å². The molecule has 31 heavy (non-hydrogen) atoms. The summed E-state index contributed by atoms with van der Waals surface area (Å²) < 4.78 is 0. The predicted octanol–water partition coefficient (Wildman–Crippen LogP) is 4.52. The van der Waals surface area contributed by atoms with Gasteiger partial charge in [0.15, 0.2) is 5.78 Å². The second-order valence-corrected chi connectivity index (χ2v) is 12.8. The van der Waals surface area contributed by atoms with E-state index in [0.29, 0.717) is 23.7 Å². The third-order valence-electron chi connectivity index (χ3n) is 10.1. The van der Waals surface area contributed by atoms with Crippen LogP contribution in [0.15, 0.2) is 0 Å². The second kappa shape index (κ2) is 7.58. The Balaban J connectivity index is 1.34. The number of hydrogen-bond donors (Lipinski definition) is 1. The lowest BCUT2D eigenvalue weighted by atomic mass is 9.49. The molecule has 5 fully saturated rings. The largest absolute Gasteiger partial charge is 0.390 e. The fraction of sp³-hybridized carbons (Fsp3) is 0.880. The van der Waals surface area contributed by atoms with E-state index in [1.54, 1.807) is 0 Å². The first-order chi connectivity index (χ1) is 14.6. The van der Waals surface area contributed by atoms with Crippen LogP contribution in [-0.2, 0) is 9.59 Å². The lowest BCUT2D eigenvalue weighted by Crippen LogP contribution is -2.51. The van der Waals surface area contributed by atoms with E-state index in [2.05, 4.69) is 13.8 Å². The molecule has 5 rings (SSSR count). The van der Waals surface area contributed by atoms with Gasteiger partial charge in [-0.2, -0.15) is 0 Å². The Labute approximate surface area is 190 Å². The van der Waals surface area contributed by atoms with Gasteiger partial charge < -0.3 is 5.11 Å². The zero-order chi connectivity index (χ0) is 22.1. The van der Waals surface area contributed by atoms with E-state index in [9.17, 15) is 19.5 Å². The SMILES string of the molecule is C[C@@H]1C[C@H]2[C@@H]3CC[C@@H]4C[C@](C)(O)CC[C@@H]4[C@H]3CC[C@]2(C)[C@H]1C(=O)CN1C(=O)CSC1=O. The molecule has 0 aromatic heterocycles. The summed E-state index contributed by atoms with van der Waals surface area (Å²) in [5, 5.41) is 10.3. The quantitative estimate of drug-likeness (QED) is 0.689. The monoisotopic (exact) mass is 447 g/mol. The molecule has 9 atom stereocenters. The summed E-state index contributed by atoms with van der Waals surface area (Å²) in [4.78, 5) is 38.7. The van der Waals surface area contributed by atoms with Crippen LogP contribution >= 0.6 is 11.8 Å². The molecule has 6 heteroatoms. The minimum atomic E-state index is -0.487. The Bertz CT molecular complexity index is 780. The molecule has 2 amide bonds. The van der Waals surface area contributed by atoms with Crippen LogP contribution in [-0.4, -0.2) is 44.8 Å². The number of thioether (sulfide) groups is 1. The highest BCUT2D eigenvalue weighted by molar-refractivity contribution is 8.14. The van der Waals surface area contributed by atoms with Crippen molar-refractivity contribution in [2.24, 2.45) is 46.8 Å². The molecule has 0 aromatic carbocycles. The first kappa shape index (κ1) is 21.9. The third-order valence-corrected chi connectivity index (χ3v) is 10.9. The minimum absolute atomic E-state index is 0.0103. The van der Waals surface area contributed by atoms with Gasteiger partial charge in [-0.05, 0) is 99.2 Å². The average Bonchev–Trinajstić information content (AvgIpc) is 3.16. The summed E-state index contributed by atoms with van der Waals surface area (Å²) in [5.41, 5.74) is -0.497. The van der Waals surface area contributed by atoms with E-state index in [-0.39, 0.29) is 40.6 Å². The van der Waals surface area contributed by atoms with Crippen LogP contribution in [0, 0.1) is 46.8 Å². The second-order valence-electron chi connectivity index (χ2n) is 11.9. The van der Waals surface area contributed by atoms with Crippen molar-refractivity contribution >= 4 is 28.7 Å². The number of carbonyl (C=O) groups excluding carboxylic acids is 3. The number of fused-ring (bicyclic) bond motifs is 5. The molecule has 1 aliphatic heterocycles. The maximum absolute atomic E-state index is 13.4. The fourth-order valence-electron chi connectivity index (χ4n) is 8.92. The average molecular weight is 448 g/mol. The molecule has 5 aliphatic rings. The lowest BCUT2D eigenvalue weighted by molar-refractivity contribution is -0.137. The summed E-state index contributed by atoms with van der Waals surface area (Å²) in [6, 6.07) is 0. The minimum Gasteiger partial charge on any atom is -0.390 e. The molecule has 0 radical (unpaired) electrons. The maximum atomic E-state index is 13.4. The van der Waals surface area contributed by atoms with Gasteiger partial charge in [-0.1, -0.05) is 25.6 Å². The van der Waals surface area contributed by atoms with E-state index in [4.69, 9.17) is 0 Å². The summed E-state index contributed by atoms with van der Waals surface area (Å²) in [6.07, 6.45) is 8.84. The van der Waals surface area contributed by atoms with Crippen LogP contribution in [0.1, 0.15) is 72.1 Å². The van der Waals surface area contributed by atoms with Crippen molar-refractivity contribution in [3.8, 4) is 0 Å². The molecule has 0 unspecified atom stereocenters. The number of hydrogen-bond acceptors (Lipinski definition) is 5. The van der Waals surface area contributed by atoms with E-state index >= 15 is 0 Å². The Kier molecular flexibility index (Phi) is 5.36. The fourth-order valence-corrected chi connectivity index (χ4v) is 9.64. The van der Waals surface area contributed by atoms with Gasteiger partial charge in [0, 0.05) is 5.92 Å². The highest BCUT2D eigenvalue weighted by Gasteiger charge is 2.61. The van der Waals surface area contributed by atoms with Crippen molar-refractivity contribution in [1.29, 1.82) is 0 Å². The Hall–Kier alpha value is -0.880. The Morgan fingerprint density at radius 1 is 1.10 bits per heavy atom. The van der Waals surface area contributed by atoms with Crippen molar-refractivity contribution in [3.05, 3.63) is 0 Å². The number of imide groups is 1. The van der Waals surface area contributed by atoms with Crippen molar-refractivity contribution < 1.29 is 19.5 Å². The van der Waals surface area contributed by atoms with Crippen LogP contribution in [0.25, 0.3) is 0 Å². The van der Waals surface area contributed by atoms with Crippen molar-refractivity contribution in [3.63, 3.8) is 0 Å². The smallest absolute Gasteiger partial charge is 0.289 e. The van der Waals surface area contributed by atoms with Gasteiger partial charge in [0.05, 0.1) is 17.9 Å². The number of nitrogens with zero attached hydrogens (tertiary/aromatic N) is 1. The molecule has 0 aromatic rings. The summed E-state index contributed by atoms with van der Waals surface area (Å²) in [6.45, 7) is 6.53. The molecule has 5 nitrogen and oxygen atoms in total. The number of rotatable bonds is 3. The topological polar surface area (TPSA) is 74.7 Å². The number of aliphatic hydroxyl groups is 1. The number of amides is 2. The molecule has 1 N–H and O–H groups in total. The normalized spacial score (nSPS) is 49.5. The number of Topliss-reactive ketones (excluding diaryl/α,β-unsaturated/α-hetero) is 1. The standard InChI is InChI=1S/C25H37NO4S/c1-14-10-19-18-5-4-15-11-24(2,30)8-6-16(15)17(18)7-9-25(19,3)22(14)20(27)12-26-21(28)13-31-23(26)29/h14-19,22,30H,4-13H2,1-3H3/t14-,15-,16+,17-,18-,19+,22-,24-,25+/m1/s1. The number of ketones is 1. The van der Waals surface area contributed by atoms with Gasteiger partial charge in [0.2, 0.25) is 5.91 Å². The van der Waals surface area contributed by atoms with E-state index in [0.717, 1.165) is 55.7 Å². The van der Waals surface area contributed by atoms with Crippen LogP contribution < -0.4 is 0 Å². The Morgan fingerprint density at radius 2 is 1.84 bits per heavy atom. The predicted molar refractivity (Wildman–Crippen MR) is 120 cm³/mol. The first-order valence-electron chi connectivity index (χ1n) is 12.3. The molecule has 0 spiro atoms. The van der Waals surface area contributed by atoms with E-state index in [1.165, 1.54) is 24.2 Å². The van der Waals surface area contributed by atoms with Gasteiger partial charge in [-0.15, -0.1) is 0 Å². The summed E-state index contributed by atoms with van der Waals surface area (Å²) >= 11 is 1.01. The van der Waals surface area contributed by atoms with Gasteiger partial charge in [0.25, 0.3) is 5.24 Å². The molecule has 172 valence electrons. The summed E-state index contributed by atoms with van der Waals surface area (Å²) in [7, 11) is 0. The summed E-state index contributed by atoms with van der Waals surface area (Å²) in [5.74, 6) is 3.72. The van der Waals surface area contributed by atoms with E-state index < -0.39 is 5.60 Å². The van der Waals surface area contributed by atoms with Gasteiger partial charge in [-0.25, -0.2) is 0 Å². The van der Waals surface area contributed by atoms with Gasteiger partial charge in [0.1, 0.15) is 0 Å². The van der Waals surface area contributed by atoms with Crippen LogP contribution in [0.2, 0.25) is 0 Å². The van der Waals surface area contributed by atoms with Crippen LogP contribution in [0.3, 0.4) is 0 Å². The van der Waals surface area contributed by atoms with Gasteiger partial charge in [-0.3, -0.25) is 19.3 Å². The lowest BCUT2D eigenvalue weighted by Gasteiger charge is -2.56. The maximum Gasteiger partial charge on any atom is 0.289 e. The Morgan fingerprint density at radius 3 is 2.55 bits per heavy atom. The zero-order valence-corrected chi connectivity index (χ0v) is 20.0. The zero-order valence-electron chi connectivity index (χ0n) is 19.1. The van der Waals surface area contributed by atoms with Crippen LogP contribution in [0.4, 0.5) is 4.79 Å². The molecule has 0 bridgehead atoms.